The Hall–Kier alpha value is -3.58. The summed E-state index contributed by atoms with van der Waals surface area (Å²) in [6.07, 6.45) is 4.43. The minimum absolute atomic E-state index is 0.212. The Kier molecular flexibility index (Phi) is 5.64. The molecule has 5 rings (SSSR count). The summed E-state index contributed by atoms with van der Waals surface area (Å²) in [4.78, 5) is 41.6. The molecule has 0 radical (unpaired) electrons. The highest BCUT2D eigenvalue weighted by Gasteiger charge is 2.37. The first-order valence-electron chi connectivity index (χ1n) is 10.8. The smallest absolute Gasteiger partial charge is 0.294 e. The molecule has 33 heavy (non-hydrogen) atoms. The van der Waals surface area contributed by atoms with E-state index in [4.69, 9.17) is 0 Å². The summed E-state index contributed by atoms with van der Waals surface area (Å²) in [5.41, 5.74) is 5.27. The number of carbonyl (C=O) groups is 3. The molecule has 1 fully saturated rings. The molecule has 0 aliphatic carbocycles. The summed E-state index contributed by atoms with van der Waals surface area (Å²) in [6.45, 7) is 2.89. The van der Waals surface area contributed by atoms with E-state index in [9.17, 15) is 14.4 Å². The molecule has 0 saturated carbocycles. The number of para-hydroxylation sites is 1. The van der Waals surface area contributed by atoms with Crippen LogP contribution >= 0.6 is 11.8 Å². The maximum atomic E-state index is 13.0. The van der Waals surface area contributed by atoms with Crippen molar-refractivity contribution in [2.75, 3.05) is 13.1 Å². The molecular weight excluding hydrogens is 434 g/mol. The van der Waals surface area contributed by atoms with E-state index in [0.717, 1.165) is 45.6 Å². The molecule has 0 N–H and O–H groups in total. The van der Waals surface area contributed by atoms with Crippen LogP contribution < -0.4 is 0 Å². The largest absolute Gasteiger partial charge is 0.336 e. The highest BCUT2D eigenvalue weighted by molar-refractivity contribution is 8.18. The second-order valence-corrected chi connectivity index (χ2v) is 9.18. The first kappa shape index (κ1) is 21.3. The zero-order chi connectivity index (χ0) is 22.9. The molecule has 166 valence electrons. The quantitative estimate of drug-likeness (QED) is 0.545. The van der Waals surface area contributed by atoms with E-state index in [0.29, 0.717) is 18.0 Å². The first-order valence-corrected chi connectivity index (χ1v) is 11.7. The van der Waals surface area contributed by atoms with Gasteiger partial charge in [-0.2, -0.15) is 0 Å². The third-order valence-electron chi connectivity index (χ3n) is 6.08. The van der Waals surface area contributed by atoms with Crippen LogP contribution in [0.25, 0.3) is 11.8 Å². The number of carbonyl (C=O) groups excluding carboxylic acids is 3. The van der Waals surface area contributed by atoms with E-state index in [1.807, 2.05) is 72.3 Å². The summed E-state index contributed by atoms with van der Waals surface area (Å²) >= 11 is 0.880. The summed E-state index contributed by atoms with van der Waals surface area (Å²) in [7, 11) is 0. The van der Waals surface area contributed by atoms with Crippen molar-refractivity contribution in [3.05, 3.63) is 94.1 Å². The van der Waals surface area contributed by atoms with Crippen LogP contribution in [0.15, 0.2) is 71.8 Å². The lowest BCUT2D eigenvalue weighted by Gasteiger charge is -2.29. The van der Waals surface area contributed by atoms with Gasteiger partial charge in [-0.05, 0) is 66.1 Å². The number of amides is 3. The molecule has 2 aliphatic rings. The highest BCUT2D eigenvalue weighted by Crippen LogP contribution is 2.33. The minimum atomic E-state index is -0.423. The van der Waals surface area contributed by atoms with Crippen LogP contribution in [-0.4, -0.2) is 44.5 Å². The van der Waals surface area contributed by atoms with Gasteiger partial charge in [-0.25, -0.2) is 0 Å². The van der Waals surface area contributed by atoms with Gasteiger partial charge in [-0.3, -0.25) is 19.3 Å². The van der Waals surface area contributed by atoms with Crippen LogP contribution in [0.5, 0.6) is 0 Å². The van der Waals surface area contributed by atoms with Gasteiger partial charge in [-0.1, -0.05) is 42.5 Å². The molecule has 0 bridgehead atoms. The van der Waals surface area contributed by atoms with E-state index < -0.39 is 11.1 Å². The van der Waals surface area contributed by atoms with Crippen LogP contribution in [0.4, 0.5) is 4.79 Å². The van der Waals surface area contributed by atoms with Gasteiger partial charge >= 0.3 is 0 Å². The van der Waals surface area contributed by atoms with Crippen LogP contribution in [0.1, 0.15) is 22.4 Å². The molecule has 3 aromatic rings. The normalized spacial score (nSPS) is 17.1. The zero-order valence-corrected chi connectivity index (χ0v) is 19.0. The lowest BCUT2D eigenvalue weighted by atomic mass is 10.00. The number of aromatic nitrogens is 1. The molecule has 0 spiro atoms. The van der Waals surface area contributed by atoms with Crippen molar-refractivity contribution in [2.24, 2.45) is 0 Å². The second-order valence-electron chi connectivity index (χ2n) is 8.19. The van der Waals surface area contributed by atoms with E-state index in [-0.39, 0.29) is 12.5 Å². The van der Waals surface area contributed by atoms with Crippen molar-refractivity contribution < 1.29 is 14.4 Å². The maximum Gasteiger partial charge on any atom is 0.294 e. The average Bonchev–Trinajstić information content (AvgIpc) is 3.39. The van der Waals surface area contributed by atoms with E-state index in [1.54, 1.807) is 11.0 Å². The zero-order valence-electron chi connectivity index (χ0n) is 18.2. The van der Waals surface area contributed by atoms with Crippen molar-refractivity contribution in [3.63, 3.8) is 0 Å². The van der Waals surface area contributed by atoms with Gasteiger partial charge < -0.3 is 9.47 Å². The van der Waals surface area contributed by atoms with Gasteiger partial charge in [0.05, 0.1) is 4.91 Å². The standard InChI is InChI=1S/C26H23N3O3S/c1-18-7-2-5-11-22(18)28-13-6-10-21(28)15-23-25(31)29(26(32)33-23)17-24(30)27-14-12-19-8-3-4-9-20(19)16-27/h2-11,13,15H,12,14,16-17H2,1H3/b23-15-. The summed E-state index contributed by atoms with van der Waals surface area (Å²) in [6, 6.07) is 19.8. The van der Waals surface area contributed by atoms with Crippen LogP contribution in [0, 0.1) is 6.92 Å². The SMILES string of the molecule is Cc1ccccc1-n1cccc1/C=C1\SC(=O)N(CC(=O)N2CCc3ccccc3C2)C1=O. The number of imide groups is 1. The summed E-state index contributed by atoms with van der Waals surface area (Å²) in [5, 5.41) is -0.411. The molecule has 2 aliphatic heterocycles. The lowest BCUT2D eigenvalue weighted by molar-refractivity contribution is -0.136. The van der Waals surface area contributed by atoms with E-state index in [1.165, 1.54) is 5.56 Å². The number of benzene rings is 2. The highest BCUT2D eigenvalue weighted by atomic mass is 32.2. The number of fused-ring (bicyclic) bond motifs is 1. The van der Waals surface area contributed by atoms with Gasteiger partial charge in [0, 0.05) is 30.7 Å². The fourth-order valence-corrected chi connectivity index (χ4v) is 5.10. The molecule has 2 aromatic carbocycles. The molecule has 3 amide bonds. The van der Waals surface area contributed by atoms with Gasteiger partial charge in [0.15, 0.2) is 0 Å². The predicted octanol–water partition coefficient (Wildman–Crippen LogP) is 4.41. The Morgan fingerprint density at radius 3 is 2.58 bits per heavy atom. The number of hydrogen-bond acceptors (Lipinski definition) is 4. The maximum absolute atomic E-state index is 13.0. The molecule has 1 saturated heterocycles. The fraction of sp³-hybridized carbons (Fsp3) is 0.192. The fourth-order valence-electron chi connectivity index (χ4n) is 4.28. The van der Waals surface area contributed by atoms with Crippen LogP contribution in [0.2, 0.25) is 0 Å². The third kappa shape index (κ3) is 4.12. The van der Waals surface area contributed by atoms with E-state index in [2.05, 4.69) is 6.07 Å². The van der Waals surface area contributed by atoms with Crippen molar-refractivity contribution in [2.45, 2.75) is 19.9 Å². The predicted molar refractivity (Wildman–Crippen MR) is 129 cm³/mol. The number of aryl methyl sites for hydroxylation is 1. The van der Waals surface area contributed by atoms with Crippen molar-refractivity contribution in [3.8, 4) is 5.69 Å². The molecule has 0 atom stereocenters. The number of rotatable bonds is 4. The Morgan fingerprint density at radius 2 is 1.76 bits per heavy atom. The molecule has 3 heterocycles. The summed E-state index contributed by atoms with van der Waals surface area (Å²) in [5.74, 6) is -0.635. The van der Waals surface area contributed by atoms with Gasteiger partial charge in [0.2, 0.25) is 5.91 Å². The lowest BCUT2D eigenvalue weighted by Crippen LogP contribution is -2.44. The minimum Gasteiger partial charge on any atom is -0.336 e. The number of thioether (sulfide) groups is 1. The van der Waals surface area contributed by atoms with Crippen LogP contribution in [0.3, 0.4) is 0 Å². The molecule has 0 unspecified atom stereocenters. The van der Waals surface area contributed by atoms with Gasteiger partial charge in [0.1, 0.15) is 6.54 Å². The van der Waals surface area contributed by atoms with Gasteiger partial charge in [-0.15, -0.1) is 0 Å². The first-order chi connectivity index (χ1) is 16.0. The van der Waals surface area contributed by atoms with Crippen molar-refractivity contribution >= 4 is 34.9 Å². The Bertz CT molecular complexity index is 1290. The number of hydrogen-bond donors (Lipinski definition) is 0. The van der Waals surface area contributed by atoms with Crippen molar-refractivity contribution in [1.29, 1.82) is 0 Å². The molecule has 1 aromatic heterocycles. The van der Waals surface area contributed by atoms with Gasteiger partial charge in [0.25, 0.3) is 11.1 Å². The Labute approximate surface area is 196 Å². The van der Waals surface area contributed by atoms with Crippen LogP contribution in [-0.2, 0) is 22.6 Å². The average molecular weight is 458 g/mol. The molecule has 7 heteroatoms. The monoisotopic (exact) mass is 457 g/mol. The third-order valence-corrected chi connectivity index (χ3v) is 6.99. The van der Waals surface area contributed by atoms with E-state index >= 15 is 0 Å². The van der Waals surface area contributed by atoms with Crippen molar-refractivity contribution in [1.82, 2.24) is 14.4 Å². The Morgan fingerprint density at radius 1 is 1.00 bits per heavy atom. The second kappa shape index (κ2) is 8.75. The summed E-state index contributed by atoms with van der Waals surface area (Å²) < 4.78 is 1.99. The Balaban J connectivity index is 1.32. The topological polar surface area (TPSA) is 62.6 Å². The number of nitrogens with zero attached hydrogens (tertiary/aromatic N) is 3. The molecular formula is C26H23N3O3S. The molecule has 6 nitrogen and oxygen atoms in total.